The summed E-state index contributed by atoms with van der Waals surface area (Å²) in [5, 5.41) is 4.00. The summed E-state index contributed by atoms with van der Waals surface area (Å²) in [6.07, 6.45) is 7.60. The molecule has 4 saturated carbocycles. The lowest BCUT2D eigenvalue weighted by Gasteiger charge is -2.64. The summed E-state index contributed by atoms with van der Waals surface area (Å²) in [6.45, 7) is 5.68. The van der Waals surface area contributed by atoms with Crippen molar-refractivity contribution in [3.05, 3.63) is 0 Å². The molecule has 108 valence electrons. The summed E-state index contributed by atoms with van der Waals surface area (Å²) in [4.78, 5) is 2.66. The lowest BCUT2D eigenvalue weighted by Crippen LogP contribution is -2.72. The SMILES string of the molecule is COCCN1CCNC2(C1)C1CC3CC(C1)CC2C3. The molecule has 0 aromatic carbocycles. The standard InChI is InChI=1S/C16H28N2O/c1-19-5-4-18-3-2-17-16(11-18)14-7-12-6-13(9-14)10-15(16)8-12/h12-15,17H,2-11H2,1H3. The van der Waals surface area contributed by atoms with Crippen molar-refractivity contribution in [1.29, 1.82) is 0 Å². The van der Waals surface area contributed by atoms with E-state index in [2.05, 4.69) is 10.2 Å². The number of rotatable bonds is 3. The molecular weight excluding hydrogens is 236 g/mol. The molecule has 1 aliphatic heterocycles. The highest BCUT2D eigenvalue weighted by Gasteiger charge is 2.57. The van der Waals surface area contributed by atoms with Crippen molar-refractivity contribution in [3.63, 3.8) is 0 Å². The Morgan fingerprint density at radius 3 is 2.42 bits per heavy atom. The number of piperazine rings is 1. The van der Waals surface area contributed by atoms with E-state index in [4.69, 9.17) is 4.74 Å². The Hall–Kier alpha value is -0.120. The molecule has 19 heavy (non-hydrogen) atoms. The van der Waals surface area contributed by atoms with Gasteiger partial charge in [0.05, 0.1) is 6.61 Å². The molecule has 0 aromatic heterocycles. The Morgan fingerprint density at radius 2 is 1.79 bits per heavy atom. The first kappa shape index (κ1) is 12.6. The lowest BCUT2D eigenvalue weighted by molar-refractivity contribution is -0.0994. The summed E-state index contributed by atoms with van der Waals surface area (Å²) < 4.78 is 5.28. The van der Waals surface area contributed by atoms with Gasteiger partial charge in [-0.1, -0.05) is 0 Å². The van der Waals surface area contributed by atoms with Gasteiger partial charge in [0.15, 0.2) is 0 Å². The number of nitrogens with zero attached hydrogens (tertiary/aromatic N) is 1. The minimum atomic E-state index is 0.472. The number of ether oxygens (including phenoxy) is 1. The highest BCUT2D eigenvalue weighted by Crippen LogP contribution is 2.58. The molecule has 5 rings (SSSR count). The Balaban J connectivity index is 1.52. The second-order valence-electron chi connectivity index (χ2n) is 7.54. The first-order valence-corrected chi connectivity index (χ1v) is 8.26. The quantitative estimate of drug-likeness (QED) is 0.840. The van der Waals surface area contributed by atoms with E-state index < -0.39 is 0 Å². The first-order chi connectivity index (χ1) is 9.30. The van der Waals surface area contributed by atoms with E-state index in [1.807, 2.05) is 7.11 Å². The van der Waals surface area contributed by atoms with Crippen LogP contribution >= 0.6 is 0 Å². The molecule has 0 unspecified atom stereocenters. The van der Waals surface area contributed by atoms with Gasteiger partial charge in [-0.25, -0.2) is 0 Å². The third kappa shape index (κ3) is 1.97. The van der Waals surface area contributed by atoms with Crippen molar-refractivity contribution in [2.45, 2.75) is 37.6 Å². The molecule has 0 atom stereocenters. The van der Waals surface area contributed by atoms with Crippen LogP contribution in [0, 0.1) is 23.7 Å². The fourth-order valence-corrected chi connectivity index (χ4v) is 5.94. The molecule has 0 aromatic rings. The summed E-state index contributed by atoms with van der Waals surface area (Å²) in [6, 6.07) is 0. The van der Waals surface area contributed by atoms with E-state index in [1.165, 1.54) is 45.3 Å². The minimum Gasteiger partial charge on any atom is -0.383 e. The van der Waals surface area contributed by atoms with Crippen molar-refractivity contribution < 1.29 is 4.74 Å². The van der Waals surface area contributed by atoms with Crippen molar-refractivity contribution in [2.75, 3.05) is 39.9 Å². The largest absolute Gasteiger partial charge is 0.383 e. The molecule has 4 aliphatic carbocycles. The van der Waals surface area contributed by atoms with Crippen LogP contribution in [0.2, 0.25) is 0 Å². The van der Waals surface area contributed by atoms with Crippen LogP contribution in [0.1, 0.15) is 32.1 Å². The molecule has 1 N–H and O–H groups in total. The van der Waals surface area contributed by atoms with Gasteiger partial charge in [-0.3, -0.25) is 4.90 Å². The van der Waals surface area contributed by atoms with Gasteiger partial charge in [-0.2, -0.15) is 0 Å². The summed E-state index contributed by atoms with van der Waals surface area (Å²) in [5.41, 5.74) is 0.472. The van der Waals surface area contributed by atoms with Gasteiger partial charge in [0.1, 0.15) is 0 Å². The molecule has 3 nitrogen and oxygen atoms in total. The van der Waals surface area contributed by atoms with E-state index in [9.17, 15) is 0 Å². The monoisotopic (exact) mass is 264 g/mol. The predicted octanol–water partition coefficient (Wildman–Crippen LogP) is 1.73. The van der Waals surface area contributed by atoms with Crippen LogP contribution in [0.3, 0.4) is 0 Å². The molecule has 5 fully saturated rings. The van der Waals surface area contributed by atoms with Gasteiger partial charge >= 0.3 is 0 Å². The van der Waals surface area contributed by atoms with Gasteiger partial charge in [0.25, 0.3) is 0 Å². The molecule has 1 saturated heterocycles. The highest BCUT2D eigenvalue weighted by molar-refractivity contribution is 5.13. The molecule has 0 amide bonds. The third-order valence-corrected chi connectivity index (χ3v) is 6.57. The maximum absolute atomic E-state index is 5.28. The normalized spacial score (nSPS) is 49.1. The zero-order valence-corrected chi connectivity index (χ0v) is 12.2. The van der Waals surface area contributed by atoms with E-state index in [0.29, 0.717) is 5.54 Å². The van der Waals surface area contributed by atoms with Gasteiger partial charge in [-0.15, -0.1) is 0 Å². The molecule has 4 bridgehead atoms. The van der Waals surface area contributed by atoms with Crippen LogP contribution < -0.4 is 5.32 Å². The number of hydrogen-bond donors (Lipinski definition) is 1. The van der Waals surface area contributed by atoms with Crippen LogP contribution in [0.4, 0.5) is 0 Å². The number of nitrogens with one attached hydrogen (secondary N) is 1. The smallest absolute Gasteiger partial charge is 0.0589 e. The fraction of sp³-hybridized carbons (Fsp3) is 1.00. The van der Waals surface area contributed by atoms with Crippen molar-refractivity contribution in [2.24, 2.45) is 23.7 Å². The van der Waals surface area contributed by atoms with Gasteiger partial charge in [0.2, 0.25) is 0 Å². The first-order valence-electron chi connectivity index (χ1n) is 8.26. The zero-order chi connectivity index (χ0) is 12.9. The topological polar surface area (TPSA) is 24.5 Å². The van der Waals surface area contributed by atoms with E-state index in [1.54, 1.807) is 6.42 Å². The van der Waals surface area contributed by atoms with E-state index in [0.717, 1.165) is 36.8 Å². The summed E-state index contributed by atoms with van der Waals surface area (Å²) in [7, 11) is 1.82. The molecule has 3 heteroatoms. The second kappa shape index (κ2) is 4.71. The lowest BCUT2D eigenvalue weighted by atomic mass is 9.48. The highest BCUT2D eigenvalue weighted by atomic mass is 16.5. The van der Waals surface area contributed by atoms with Gasteiger partial charge in [0, 0.05) is 38.8 Å². The van der Waals surface area contributed by atoms with Crippen molar-refractivity contribution in [3.8, 4) is 0 Å². The Bertz CT molecular complexity index is 316. The van der Waals surface area contributed by atoms with Crippen LogP contribution in [-0.4, -0.2) is 50.3 Å². The average molecular weight is 264 g/mol. The molecule has 5 aliphatic rings. The van der Waals surface area contributed by atoms with Crippen LogP contribution in [0.15, 0.2) is 0 Å². The Morgan fingerprint density at radius 1 is 1.11 bits per heavy atom. The molecule has 1 heterocycles. The number of hydrogen-bond acceptors (Lipinski definition) is 3. The van der Waals surface area contributed by atoms with Crippen molar-refractivity contribution in [1.82, 2.24) is 10.2 Å². The Labute approximate surface area is 117 Å². The molecule has 0 radical (unpaired) electrons. The zero-order valence-electron chi connectivity index (χ0n) is 12.2. The van der Waals surface area contributed by atoms with Crippen molar-refractivity contribution >= 4 is 0 Å². The average Bonchev–Trinajstić information content (AvgIpc) is 2.42. The molecule has 1 spiro atoms. The maximum Gasteiger partial charge on any atom is 0.0589 e. The fourth-order valence-electron chi connectivity index (χ4n) is 5.94. The minimum absolute atomic E-state index is 0.472. The third-order valence-electron chi connectivity index (χ3n) is 6.57. The second-order valence-corrected chi connectivity index (χ2v) is 7.54. The van der Waals surface area contributed by atoms with Crippen LogP contribution in [0.25, 0.3) is 0 Å². The van der Waals surface area contributed by atoms with Crippen LogP contribution in [-0.2, 0) is 4.74 Å². The van der Waals surface area contributed by atoms with Gasteiger partial charge < -0.3 is 10.1 Å². The van der Waals surface area contributed by atoms with E-state index in [-0.39, 0.29) is 0 Å². The predicted molar refractivity (Wildman–Crippen MR) is 76.1 cm³/mol. The summed E-state index contributed by atoms with van der Waals surface area (Å²) in [5.74, 6) is 4.08. The van der Waals surface area contributed by atoms with Gasteiger partial charge in [-0.05, 0) is 55.8 Å². The van der Waals surface area contributed by atoms with E-state index >= 15 is 0 Å². The number of methoxy groups -OCH3 is 1. The van der Waals surface area contributed by atoms with Crippen LogP contribution in [0.5, 0.6) is 0 Å². The summed E-state index contributed by atoms with van der Waals surface area (Å²) >= 11 is 0. The maximum atomic E-state index is 5.28. The Kier molecular flexibility index (Phi) is 3.13. The molecular formula is C16H28N2O.